The summed E-state index contributed by atoms with van der Waals surface area (Å²) in [6.45, 7) is 2.95. The van der Waals surface area contributed by atoms with E-state index < -0.39 is 10.0 Å². The molecule has 2 N–H and O–H groups in total. The van der Waals surface area contributed by atoms with Gasteiger partial charge in [-0.15, -0.1) is 11.3 Å². The molecule has 1 aromatic heterocycles. The van der Waals surface area contributed by atoms with Crippen LogP contribution >= 0.6 is 22.9 Å². The number of ether oxygens (including phenoxy) is 1. The quantitative estimate of drug-likeness (QED) is 0.664. The second kappa shape index (κ2) is 9.12. The van der Waals surface area contributed by atoms with Crippen LogP contribution in [0.15, 0.2) is 33.9 Å². The number of hydrogen-bond acceptors (Lipinski definition) is 6. The summed E-state index contributed by atoms with van der Waals surface area (Å²) >= 11 is 7.46. The first-order chi connectivity index (χ1) is 13.8. The minimum atomic E-state index is -3.87. The fraction of sp³-hybridized carbons (Fsp3) is 0.333. The first kappa shape index (κ1) is 21.6. The molecule has 2 heterocycles. The Labute approximate surface area is 177 Å². The second-order valence-corrected chi connectivity index (χ2v) is 9.26. The highest BCUT2D eigenvalue weighted by molar-refractivity contribution is 7.92. The lowest BCUT2D eigenvalue weighted by molar-refractivity contribution is -0.142. The highest BCUT2D eigenvalue weighted by Gasteiger charge is 2.21. The minimum Gasteiger partial charge on any atom is -0.370 e. The Morgan fingerprint density at radius 2 is 2.10 bits per heavy atom. The van der Waals surface area contributed by atoms with Crippen LogP contribution in [0.2, 0.25) is 5.02 Å². The number of benzene rings is 1. The Hall–Kier alpha value is -2.14. The van der Waals surface area contributed by atoms with Crippen molar-refractivity contribution >= 4 is 56.2 Å². The molecule has 0 atom stereocenters. The van der Waals surface area contributed by atoms with Crippen LogP contribution in [0.1, 0.15) is 12.5 Å². The van der Waals surface area contributed by atoms with Gasteiger partial charge in [0, 0.05) is 25.4 Å². The van der Waals surface area contributed by atoms with Crippen LogP contribution in [0.25, 0.3) is 0 Å². The fourth-order valence-electron chi connectivity index (χ4n) is 2.81. The van der Waals surface area contributed by atoms with E-state index in [1.165, 1.54) is 36.5 Å². The number of thiophene rings is 1. The monoisotopic (exact) mass is 457 g/mol. The number of amides is 2. The van der Waals surface area contributed by atoms with Gasteiger partial charge in [-0.2, -0.15) is 0 Å². The van der Waals surface area contributed by atoms with Gasteiger partial charge in [-0.25, -0.2) is 8.42 Å². The van der Waals surface area contributed by atoms with Crippen LogP contribution in [0, 0.1) is 0 Å². The van der Waals surface area contributed by atoms with E-state index in [1.54, 1.807) is 10.3 Å². The van der Waals surface area contributed by atoms with Crippen LogP contribution in [0.3, 0.4) is 0 Å². The fourth-order valence-corrected chi connectivity index (χ4v) is 5.11. The normalized spacial score (nSPS) is 14.7. The SMILES string of the molecule is CC(=O)Nc1ccc(S(=O)(=O)Nc2cscc2CCN2CCOCC2=O)cc1Cl. The topological polar surface area (TPSA) is 105 Å². The number of morpholine rings is 1. The zero-order valence-corrected chi connectivity index (χ0v) is 18.0. The van der Waals surface area contributed by atoms with Crippen LogP contribution < -0.4 is 10.0 Å². The molecule has 0 radical (unpaired) electrons. The van der Waals surface area contributed by atoms with E-state index in [4.69, 9.17) is 16.3 Å². The molecule has 0 unspecified atom stereocenters. The third kappa shape index (κ3) is 5.47. The van der Waals surface area contributed by atoms with Crippen molar-refractivity contribution in [3.63, 3.8) is 0 Å². The Balaban J connectivity index is 1.71. The van der Waals surface area contributed by atoms with Crippen LogP contribution in [0.5, 0.6) is 0 Å². The molecular formula is C18H20ClN3O5S2. The second-order valence-electron chi connectivity index (χ2n) is 6.42. The van der Waals surface area contributed by atoms with E-state index in [2.05, 4.69) is 10.0 Å². The Bertz CT molecular complexity index is 1020. The number of carbonyl (C=O) groups excluding carboxylic acids is 2. The van der Waals surface area contributed by atoms with Gasteiger partial charge in [-0.05, 0) is 35.6 Å². The first-order valence-electron chi connectivity index (χ1n) is 8.77. The van der Waals surface area contributed by atoms with Crippen molar-refractivity contribution in [2.45, 2.75) is 18.2 Å². The lowest BCUT2D eigenvalue weighted by Gasteiger charge is -2.26. The smallest absolute Gasteiger partial charge is 0.261 e. The molecular weight excluding hydrogens is 438 g/mol. The number of nitrogens with one attached hydrogen (secondary N) is 2. The van der Waals surface area contributed by atoms with Crippen LogP contribution in [-0.2, 0) is 30.8 Å². The van der Waals surface area contributed by atoms with Crippen molar-refractivity contribution in [2.24, 2.45) is 0 Å². The Morgan fingerprint density at radius 3 is 2.79 bits per heavy atom. The van der Waals surface area contributed by atoms with Crippen LogP contribution in [0.4, 0.5) is 11.4 Å². The number of nitrogens with zero attached hydrogens (tertiary/aromatic N) is 1. The van der Waals surface area contributed by atoms with Crippen molar-refractivity contribution < 1.29 is 22.7 Å². The highest BCUT2D eigenvalue weighted by Crippen LogP contribution is 2.28. The third-order valence-corrected chi connectivity index (χ3v) is 6.75. The number of halogens is 1. The van der Waals surface area contributed by atoms with Gasteiger partial charge in [0.15, 0.2) is 0 Å². The minimum absolute atomic E-state index is 0.0166. The van der Waals surface area contributed by atoms with Gasteiger partial charge in [0.1, 0.15) is 6.61 Å². The zero-order valence-electron chi connectivity index (χ0n) is 15.6. The largest absolute Gasteiger partial charge is 0.370 e. The van der Waals surface area contributed by atoms with Gasteiger partial charge in [-0.3, -0.25) is 14.3 Å². The lowest BCUT2D eigenvalue weighted by Crippen LogP contribution is -2.42. The summed E-state index contributed by atoms with van der Waals surface area (Å²) in [5.74, 6) is -0.371. The van der Waals surface area contributed by atoms with E-state index in [1.807, 2.05) is 5.38 Å². The maximum absolute atomic E-state index is 12.8. The molecule has 29 heavy (non-hydrogen) atoms. The summed E-state index contributed by atoms with van der Waals surface area (Å²) in [5, 5.41) is 6.22. The number of hydrogen-bond donors (Lipinski definition) is 2. The molecule has 2 aromatic rings. The van der Waals surface area contributed by atoms with E-state index >= 15 is 0 Å². The van der Waals surface area contributed by atoms with Crippen molar-refractivity contribution in [1.29, 1.82) is 0 Å². The predicted octanol–water partition coefficient (Wildman–Crippen LogP) is 2.56. The maximum Gasteiger partial charge on any atom is 0.261 e. The Morgan fingerprint density at radius 1 is 1.31 bits per heavy atom. The number of carbonyl (C=O) groups is 2. The summed E-state index contributed by atoms with van der Waals surface area (Å²) in [7, 11) is -3.87. The molecule has 8 nitrogen and oxygen atoms in total. The van der Waals surface area contributed by atoms with Crippen molar-refractivity contribution in [1.82, 2.24) is 4.90 Å². The number of rotatable bonds is 7. The van der Waals surface area contributed by atoms with Crippen molar-refractivity contribution in [3.8, 4) is 0 Å². The molecule has 3 rings (SSSR count). The predicted molar refractivity (Wildman–Crippen MR) is 112 cm³/mol. The lowest BCUT2D eigenvalue weighted by atomic mass is 10.2. The summed E-state index contributed by atoms with van der Waals surface area (Å²) in [6, 6.07) is 4.10. The van der Waals surface area contributed by atoms with E-state index in [0.717, 1.165) is 5.56 Å². The summed E-state index contributed by atoms with van der Waals surface area (Å²) in [5.41, 5.74) is 1.61. The molecule has 1 aliphatic rings. The van der Waals surface area contributed by atoms with Gasteiger partial charge < -0.3 is 15.0 Å². The summed E-state index contributed by atoms with van der Waals surface area (Å²) in [6.07, 6.45) is 0.523. The zero-order chi connectivity index (χ0) is 21.0. The molecule has 1 saturated heterocycles. The van der Waals surface area contributed by atoms with Gasteiger partial charge >= 0.3 is 0 Å². The molecule has 1 aromatic carbocycles. The average Bonchev–Trinajstić information content (AvgIpc) is 3.08. The molecule has 156 valence electrons. The molecule has 1 fully saturated rings. The molecule has 0 spiro atoms. The molecule has 11 heteroatoms. The maximum atomic E-state index is 12.8. The van der Waals surface area contributed by atoms with E-state index in [9.17, 15) is 18.0 Å². The first-order valence-corrected chi connectivity index (χ1v) is 11.6. The number of anilines is 2. The number of sulfonamides is 1. The standard InChI is InChI=1S/C18H20ClN3O5S2/c1-12(23)20-16-3-2-14(8-15(16)19)29(25,26)21-17-11-28-10-13(17)4-5-22-6-7-27-9-18(22)24/h2-3,8,10-11,21H,4-7,9H2,1H3,(H,20,23). The van der Waals surface area contributed by atoms with E-state index in [-0.39, 0.29) is 28.3 Å². The van der Waals surface area contributed by atoms with Crippen LogP contribution in [-0.4, -0.2) is 51.4 Å². The third-order valence-electron chi connectivity index (χ3n) is 4.28. The Kier molecular flexibility index (Phi) is 6.78. The van der Waals surface area contributed by atoms with Crippen molar-refractivity contribution in [3.05, 3.63) is 39.5 Å². The molecule has 1 aliphatic heterocycles. The molecule has 2 amide bonds. The summed E-state index contributed by atoms with van der Waals surface area (Å²) in [4.78, 5) is 24.7. The highest BCUT2D eigenvalue weighted by atomic mass is 35.5. The average molecular weight is 458 g/mol. The van der Waals surface area contributed by atoms with E-state index in [0.29, 0.717) is 37.5 Å². The molecule has 0 aliphatic carbocycles. The molecule has 0 saturated carbocycles. The van der Waals surface area contributed by atoms with Gasteiger partial charge in [0.2, 0.25) is 11.8 Å². The summed E-state index contributed by atoms with van der Waals surface area (Å²) < 4.78 is 33.2. The van der Waals surface area contributed by atoms with Gasteiger partial charge in [0.25, 0.3) is 10.0 Å². The molecule has 0 bridgehead atoms. The van der Waals surface area contributed by atoms with Gasteiger partial charge in [-0.1, -0.05) is 11.6 Å². The van der Waals surface area contributed by atoms with Gasteiger partial charge in [0.05, 0.1) is 27.9 Å². The van der Waals surface area contributed by atoms with Crippen molar-refractivity contribution in [2.75, 3.05) is 36.3 Å².